The van der Waals surface area contributed by atoms with Gasteiger partial charge in [0.15, 0.2) is 6.17 Å². The number of hydrogen-bond donors (Lipinski definition) is 0. The summed E-state index contributed by atoms with van der Waals surface area (Å²) >= 11 is 0. The average Bonchev–Trinajstić information content (AvgIpc) is 2.88. The summed E-state index contributed by atoms with van der Waals surface area (Å²) in [6.45, 7) is 4.45. The number of rotatable bonds is 9. The Labute approximate surface area is 201 Å². The summed E-state index contributed by atoms with van der Waals surface area (Å²) in [5.41, 5.74) is 4.20. The molecule has 4 rings (SSSR count). The van der Waals surface area contributed by atoms with E-state index in [4.69, 9.17) is 4.74 Å². The predicted molar refractivity (Wildman–Crippen MR) is 138 cm³/mol. The van der Waals surface area contributed by atoms with Gasteiger partial charge in [0, 0.05) is 12.2 Å². The third-order valence-corrected chi connectivity index (χ3v) is 6.47. The van der Waals surface area contributed by atoms with Gasteiger partial charge in [-0.25, -0.2) is 8.78 Å². The van der Waals surface area contributed by atoms with Crippen LogP contribution in [-0.2, 0) is 4.74 Å². The van der Waals surface area contributed by atoms with Crippen LogP contribution in [0.25, 0.3) is 27.8 Å². The highest BCUT2D eigenvalue weighted by atomic mass is 19.2. The van der Waals surface area contributed by atoms with E-state index >= 15 is 8.78 Å². The van der Waals surface area contributed by atoms with Gasteiger partial charge in [0.25, 0.3) is 0 Å². The minimum Gasteiger partial charge on any atom is -0.367 e. The Balaban J connectivity index is 1.53. The second-order valence-electron chi connectivity index (χ2n) is 8.89. The van der Waals surface area contributed by atoms with Crippen molar-refractivity contribution in [2.75, 3.05) is 6.61 Å². The van der Waals surface area contributed by atoms with Crippen molar-refractivity contribution in [3.63, 3.8) is 0 Å². The standard InChI is InChI=1S/C31H32F2O/c1-3-5-22-34-31(20-4-2)21-19-28(29(32)30(31)33)27-17-15-26(16-18-27)25-13-11-24(12-14-25)23-9-7-6-8-10-23/h6-19,21,30H,3-5,20,22H2,1-2H3. The van der Waals surface area contributed by atoms with Gasteiger partial charge in [-0.3, -0.25) is 0 Å². The lowest BCUT2D eigenvalue weighted by Crippen LogP contribution is -2.43. The molecular weight excluding hydrogens is 426 g/mol. The molecule has 0 fully saturated rings. The highest BCUT2D eigenvalue weighted by Crippen LogP contribution is 2.41. The second kappa shape index (κ2) is 10.9. The van der Waals surface area contributed by atoms with E-state index in [-0.39, 0.29) is 0 Å². The molecule has 0 radical (unpaired) electrons. The molecule has 1 aliphatic carbocycles. The molecule has 3 aromatic rings. The zero-order valence-corrected chi connectivity index (χ0v) is 19.9. The van der Waals surface area contributed by atoms with Gasteiger partial charge in [-0.2, -0.15) is 0 Å². The van der Waals surface area contributed by atoms with Crippen LogP contribution in [0.4, 0.5) is 8.78 Å². The molecule has 176 valence electrons. The van der Waals surface area contributed by atoms with Crippen LogP contribution < -0.4 is 0 Å². The number of ether oxygens (including phenoxy) is 1. The minimum atomic E-state index is -1.80. The lowest BCUT2D eigenvalue weighted by molar-refractivity contribution is -0.0638. The van der Waals surface area contributed by atoms with Gasteiger partial charge in [0.1, 0.15) is 11.4 Å². The molecule has 1 nitrogen and oxygen atoms in total. The molecule has 0 heterocycles. The fraction of sp³-hybridized carbons (Fsp3) is 0.290. The van der Waals surface area contributed by atoms with E-state index in [1.165, 1.54) is 5.56 Å². The minimum absolute atomic E-state index is 0.296. The topological polar surface area (TPSA) is 9.23 Å². The van der Waals surface area contributed by atoms with Gasteiger partial charge in [-0.05, 0) is 46.7 Å². The first-order chi connectivity index (χ1) is 16.6. The Bertz CT molecular complexity index is 1130. The molecule has 0 aromatic heterocycles. The molecule has 3 aromatic carbocycles. The van der Waals surface area contributed by atoms with Crippen LogP contribution in [0.15, 0.2) is 96.8 Å². The number of hydrogen-bond acceptors (Lipinski definition) is 1. The summed E-state index contributed by atoms with van der Waals surface area (Å²) in [5.74, 6) is -0.743. The quantitative estimate of drug-likeness (QED) is 0.291. The molecular formula is C31H32F2O. The third kappa shape index (κ3) is 5.05. The molecule has 2 atom stereocenters. The highest BCUT2D eigenvalue weighted by Gasteiger charge is 2.43. The average molecular weight is 459 g/mol. The van der Waals surface area contributed by atoms with Crippen LogP contribution >= 0.6 is 0 Å². The van der Waals surface area contributed by atoms with Gasteiger partial charge in [0.2, 0.25) is 0 Å². The maximum absolute atomic E-state index is 15.4. The largest absolute Gasteiger partial charge is 0.367 e. The number of benzene rings is 3. The SMILES string of the molecule is CCCCOC1(CCC)C=CC(c2ccc(-c3ccc(-c4ccccc4)cc3)cc2)=C(F)C1F. The fourth-order valence-corrected chi connectivity index (χ4v) is 4.50. The van der Waals surface area contributed by atoms with Crippen molar-refractivity contribution >= 4 is 5.57 Å². The van der Waals surface area contributed by atoms with Crippen LogP contribution in [0, 0.1) is 0 Å². The Morgan fingerprint density at radius 1 is 0.735 bits per heavy atom. The molecule has 34 heavy (non-hydrogen) atoms. The first kappa shape index (κ1) is 24.1. The maximum atomic E-state index is 15.4. The van der Waals surface area contributed by atoms with Gasteiger partial charge in [0.05, 0.1) is 0 Å². The molecule has 3 heteroatoms. The lowest BCUT2D eigenvalue weighted by Gasteiger charge is -2.36. The van der Waals surface area contributed by atoms with E-state index in [0.29, 0.717) is 24.2 Å². The Kier molecular flexibility index (Phi) is 7.74. The zero-order chi connectivity index (χ0) is 24.0. The number of halogens is 2. The van der Waals surface area contributed by atoms with Crippen LogP contribution in [0.2, 0.25) is 0 Å². The van der Waals surface area contributed by atoms with Crippen molar-refractivity contribution in [2.24, 2.45) is 0 Å². The Morgan fingerprint density at radius 3 is 1.79 bits per heavy atom. The monoisotopic (exact) mass is 458 g/mol. The predicted octanol–water partition coefficient (Wildman–Crippen LogP) is 8.96. The zero-order valence-electron chi connectivity index (χ0n) is 19.9. The van der Waals surface area contributed by atoms with Gasteiger partial charge >= 0.3 is 0 Å². The van der Waals surface area contributed by atoms with E-state index in [0.717, 1.165) is 36.0 Å². The summed E-state index contributed by atoms with van der Waals surface area (Å²) in [4.78, 5) is 0. The Hall–Kier alpha value is -3.04. The molecule has 0 amide bonds. The summed E-state index contributed by atoms with van der Waals surface area (Å²) in [6.07, 6.45) is 4.58. The van der Waals surface area contributed by atoms with Crippen molar-refractivity contribution < 1.29 is 13.5 Å². The Morgan fingerprint density at radius 2 is 1.26 bits per heavy atom. The van der Waals surface area contributed by atoms with Gasteiger partial charge in [-0.1, -0.05) is 112 Å². The van der Waals surface area contributed by atoms with E-state index in [1.807, 2.05) is 49.4 Å². The molecule has 0 saturated carbocycles. The van der Waals surface area contributed by atoms with Gasteiger partial charge < -0.3 is 4.74 Å². The number of allylic oxidation sites excluding steroid dienone is 2. The summed E-state index contributed by atoms with van der Waals surface area (Å²) in [5, 5.41) is 0. The van der Waals surface area contributed by atoms with Crippen molar-refractivity contribution in [2.45, 2.75) is 51.3 Å². The normalized spacial score (nSPS) is 20.1. The van der Waals surface area contributed by atoms with Gasteiger partial charge in [-0.15, -0.1) is 0 Å². The van der Waals surface area contributed by atoms with Crippen LogP contribution in [0.1, 0.15) is 45.1 Å². The first-order valence-corrected chi connectivity index (χ1v) is 12.2. The van der Waals surface area contributed by atoms with E-state index in [9.17, 15) is 0 Å². The van der Waals surface area contributed by atoms with Crippen molar-refractivity contribution in [1.82, 2.24) is 0 Å². The summed E-state index contributed by atoms with van der Waals surface area (Å²) in [6, 6.07) is 26.3. The molecule has 0 saturated heterocycles. The molecule has 0 bridgehead atoms. The molecule has 2 unspecified atom stereocenters. The van der Waals surface area contributed by atoms with Crippen molar-refractivity contribution in [3.8, 4) is 22.3 Å². The number of alkyl halides is 1. The van der Waals surface area contributed by atoms with E-state index < -0.39 is 17.6 Å². The number of unbranched alkanes of at least 4 members (excludes halogenated alkanes) is 1. The molecule has 0 N–H and O–H groups in total. The van der Waals surface area contributed by atoms with Crippen LogP contribution in [0.5, 0.6) is 0 Å². The summed E-state index contributed by atoms with van der Waals surface area (Å²) < 4.78 is 36.5. The van der Waals surface area contributed by atoms with Crippen molar-refractivity contribution in [3.05, 3.63) is 102 Å². The lowest BCUT2D eigenvalue weighted by atomic mass is 9.83. The molecule has 1 aliphatic rings. The molecule has 0 spiro atoms. The third-order valence-electron chi connectivity index (χ3n) is 6.47. The summed E-state index contributed by atoms with van der Waals surface area (Å²) in [7, 11) is 0. The van der Waals surface area contributed by atoms with Crippen LogP contribution in [-0.4, -0.2) is 18.4 Å². The smallest absolute Gasteiger partial charge is 0.184 e. The second-order valence-corrected chi connectivity index (χ2v) is 8.89. The van der Waals surface area contributed by atoms with E-state index in [2.05, 4.69) is 43.3 Å². The molecule has 0 aliphatic heterocycles. The van der Waals surface area contributed by atoms with Crippen LogP contribution in [0.3, 0.4) is 0 Å². The highest BCUT2D eigenvalue weighted by molar-refractivity contribution is 5.80. The van der Waals surface area contributed by atoms with Crippen molar-refractivity contribution in [1.29, 1.82) is 0 Å². The fourth-order valence-electron chi connectivity index (χ4n) is 4.50. The maximum Gasteiger partial charge on any atom is 0.184 e. The van der Waals surface area contributed by atoms with E-state index in [1.54, 1.807) is 12.2 Å². The first-order valence-electron chi connectivity index (χ1n) is 12.2.